The van der Waals surface area contributed by atoms with Gasteiger partial charge in [0.25, 0.3) is 0 Å². The Morgan fingerprint density at radius 1 is 1.33 bits per heavy atom. The van der Waals surface area contributed by atoms with Gasteiger partial charge in [-0.2, -0.15) is 0 Å². The molecule has 1 aliphatic heterocycles. The summed E-state index contributed by atoms with van der Waals surface area (Å²) in [6, 6.07) is 6.21. The third-order valence-electron chi connectivity index (χ3n) is 4.86. The van der Waals surface area contributed by atoms with E-state index in [1.165, 1.54) is 32.1 Å². The van der Waals surface area contributed by atoms with Crippen LogP contribution < -0.4 is 10.6 Å². The molecule has 1 saturated heterocycles. The number of nitrogen functional groups attached to an aromatic ring is 1. The van der Waals surface area contributed by atoms with E-state index < -0.39 is 0 Å². The molecule has 114 valence electrons. The summed E-state index contributed by atoms with van der Waals surface area (Å²) in [6.45, 7) is 3.28. The van der Waals surface area contributed by atoms with Gasteiger partial charge in [-0.1, -0.05) is 12.8 Å². The summed E-state index contributed by atoms with van der Waals surface area (Å²) in [5, 5.41) is 0. The molecule has 4 nitrogen and oxygen atoms in total. The van der Waals surface area contributed by atoms with Gasteiger partial charge in [0, 0.05) is 12.6 Å². The second-order valence-electron chi connectivity index (χ2n) is 6.09. The summed E-state index contributed by atoms with van der Waals surface area (Å²) in [5.41, 5.74) is 8.51. The number of nitrogens with zero attached hydrogens (tertiary/aromatic N) is 1. The number of benzene rings is 1. The highest BCUT2D eigenvalue weighted by Crippen LogP contribution is 2.40. The minimum atomic E-state index is -0.298. The zero-order valence-corrected chi connectivity index (χ0v) is 12.7. The molecule has 2 atom stereocenters. The second kappa shape index (κ2) is 5.96. The number of fused-ring (bicyclic) bond motifs is 1. The van der Waals surface area contributed by atoms with E-state index in [-0.39, 0.29) is 5.97 Å². The van der Waals surface area contributed by atoms with Crippen LogP contribution in [0.4, 0.5) is 11.4 Å². The highest BCUT2D eigenvalue weighted by Gasteiger charge is 2.36. The van der Waals surface area contributed by atoms with Crippen molar-refractivity contribution in [3.63, 3.8) is 0 Å². The largest absolute Gasteiger partial charge is 0.462 e. The van der Waals surface area contributed by atoms with Crippen molar-refractivity contribution in [2.45, 2.75) is 45.1 Å². The molecule has 0 aromatic heterocycles. The maximum absolute atomic E-state index is 11.8. The first kappa shape index (κ1) is 14.2. The molecule has 2 N–H and O–H groups in total. The van der Waals surface area contributed by atoms with Crippen molar-refractivity contribution in [1.82, 2.24) is 0 Å². The molecule has 1 heterocycles. The Morgan fingerprint density at radius 2 is 2.14 bits per heavy atom. The van der Waals surface area contributed by atoms with Gasteiger partial charge in [0.1, 0.15) is 0 Å². The molecule has 0 amide bonds. The van der Waals surface area contributed by atoms with Gasteiger partial charge in [0.15, 0.2) is 0 Å². The number of carbonyl (C=O) groups is 1. The van der Waals surface area contributed by atoms with Crippen LogP contribution in [0.2, 0.25) is 0 Å². The van der Waals surface area contributed by atoms with Crippen molar-refractivity contribution in [1.29, 1.82) is 0 Å². The maximum Gasteiger partial charge on any atom is 0.338 e. The molecule has 1 aromatic rings. The predicted octanol–water partition coefficient (Wildman–Crippen LogP) is 3.21. The predicted molar refractivity (Wildman–Crippen MR) is 84.5 cm³/mol. The van der Waals surface area contributed by atoms with E-state index in [1.54, 1.807) is 6.07 Å². The van der Waals surface area contributed by atoms with E-state index in [4.69, 9.17) is 10.5 Å². The van der Waals surface area contributed by atoms with Crippen LogP contribution >= 0.6 is 0 Å². The lowest BCUT2D eigenvalue weighted by atomic mass is 9.85. The van der Waals surface area contributed by atoms with Gasteiger partial charge in [-0.25, -0.2) is 4.79 Å². The third kappa shape index (κ3) is 2.71. The number of ether oxygens (including phenoxy) is 1. The minimum Gasteiger partial charge on any atom is -0.462 e. The highest BCUT2D eigenvalue weighted by molar-refractivity contribution is 5.92. The molecule has 21 heavy (non-hydrogen) atoms. The van der Waals surface area contributed by atoms with Gasteiger partial charge in [-0.3, -0.25) is 0 Å². The zero-order chi connectivity index (χ0) is 14.8. The Hall–Kier alpha value is -1.71. The van der Waals surface area contributed by atoms with Gasteiger partial charge >= 0.3 is 5.97 Å². The number of esters is 1. The molecule has 2 unspecified atom stereocenters. The van der Waals surface area contributed by atoms with Gasteiger partial charge in [-0.05, 0) is 50.3 Å². The topological polar surface area (TPSA) is 55.6 Å². The Labute approximate surface area is 126 Å². The van der Waals surface area contributed by atoms with Crippen molar-refractivity contribution in [3.05, 3.63) is 23.8 Å². The molecule has 4 heteroatoms. The molecule has 0 spiro atoms. The number of rotatable bonds is 3. The summed E-state index contributed by atoms with van der Waals surface area (Å²) in [6.07, 6.45) is 6.57. The van der Waals surface area contributed by atoms with Crippen LogP contribution in [-0.4, -0.2) is 25.2 Å². The second-order valence-corrected chi connectivity index (χ2v) is 6.09. The average Bonchev–Trinajstić information content (AvgIpc) is 2.91. The highest BCUT2D eigenvalue weighted by atomic mass is 16.5. The lowest BCUT2D eigenvalue weighted by Crippen LogP contribution is -2.35. The molecular weight excluding hydrogens is 264 g/mol. The molecule has 0 bridgehead atoms. The third-order valence-corrected chi connectivity index (χ3v) is 4.86. The Bertz CT molecular complexity index is 530. The summed E-state index contributed by atoms with van der Waals surface area (Å²) in [5.74, 6) is 0.524. The van der Waals surface area contributed by atoms with Gasteiger partial charge in [0.2, 0.25) is 0 Å². The van der Waals surface area contributed by atoms with Crippen LogP contribution in [0.25, 0.3) is 0 Å². The summed E-state index contributed by atoms with van der Waals surface area (Å²) < 4.78 is 5.03. The molecule has 3 rings (SSSR count). The molecular formula is C17H24N2O2. The normalized spacial score (nSPS) is 24.7. The van der Waals surface area contributed by atoms with Crippen molar-refractivity contribution in [2.75, 3.05) is 23.8 Å². The Balaban J connectivity index is 1.81. The monoisotopic (exact) mass is 288 g/mol. The first-order valence-corrected chi connectivity index (χ1v) is 8.04. The fourth-order valence-electron chi connectivity index (χ4n) is 3.86. The standard InChI is InChI=1S/C17H24N2O2/c1-2-21-17(20)13-7-8-16(14(18)11-13)19-10-9-12-5-3-4-6-15(12)19/h7-8,11-12,15H,2-6,9-10,18H2,1H3. The van der Waals surface area contributed by atoms with Crippen LogP contribution in [0.5, 0.6) is 0 Å². The quantitative estimate of drug-likeness (QED) is 0.685. The van der Waals surface area contributed by atoms with Gasteiger partial charge in [0.05, 0.1) is 23.5 Å². The zero-order valence-electron chi connectivity index (χ0n) is 12.7. The average molecular weight is 288 g/mol. The SMILES string of the molecule is CCOC(=O)c1ccc(N2CCC3CCCCC32)c(N)c1. The molecule has 1 aromatic carbocycles. The van der Waals surface area contributed by atoms with E-state index in [0.717, 1.165) is 18.2 Å². The summed E-state index contributed by atoms with van der Waals surface area (Å²) in [7, 11) is 0. The first-order valence-electron chi connectivity index (χ1n) is 8.04. The van der Waals surface area contributed by atoms with Crippen LogP contribution in [-0.2, 0) is 4.74 Å². The summed E-state index contributed by atoms with van der Waals surface area (Å²) in [4.78, 5) is 14.2. The smallest absolute Gasteiger partial charge is 0.338 e. The van der Waals surface area contributed by atoms with Crippen molar-refractivity contribution >= 4 is 17.3 Å². The molecule has 2 fully saturated rings. The van der Waals surface area contributed by atoms with E-state index in [9.17, 15) is 4.79 Å². The lowest BCUT2D eigenvalue weighted by molar-refractivity contribution is 0.0526. The van der Waals surface area contributed by atoms with E-state index in [2.05, 4.69) is 4.90 Å². The van der Waals surface area contributed by atoms with Crippen molar-refractivity contribution < 1.29 is 9.53 Å². The summed E-state index contributed by atoms with van der Waals surface area (Å²) >= 11 is 0. The molecule has 2 aliphatic rings. The first-order chi connectivity index (χ1) is 10.2. The minimum absolute atomic E-state index is 0.298. The maximum atomic E-state index is 11.8. The Kier molecular flexibility index (Phi) is 4.04. The van der Waals surface area contributed by atoms with E-state index >= 15 is 0 Å². The van der Waals surface area contributed by atoms with Crippen LogP contribution in [0.15, 0.2) is 18.2 Å². The van der Waals surface area contributed by atoms with Gasteiger partial charge in [-0.15, -0.1) is 0 Å². The van der Waals surface area contributed by atoms with E-state index in [1.807, 2.05) is 19.1 Å². The van der Waals surface area contributed by atoms with Crippen LogP contribution in [0, 0.1) is 5.92 Å². The van der Waals surface area contributed by atoms with E-state index in [0.29, 0.717) is 23.9 Å². The number of anilines is 2. The number of hydrogen-bond donors (Lipinski definition) is 1. The Morgan fingerprint density at radius 3 is 2.90 bits per heavy atom. The molecule has 1 saturated carbocycles. The molecule has 0 radical (unpaired) electrons. The fourth-order valence-corrected chi connectivity index (χ4v) is 3.86. The van der Waals surface area contributed by atoms with Crippen LogP contribution in [0.3, 0.4) is 0 Å². The molecule has 1 aliphatic carbocycles. The van der Waals surface area contributed by atoms with Crippen molar-refractivity contribution in [2.24, 2.45) is 5.92 Å². The van der Waals surface area contributed by atoms with Crippen LogP contribution in [0.1, 0.15) is 49.4 Å². The van der Waals surface area contributed by atoms with Crippen molar-refractivity contribution in [3.8, 4) is 0 Å². The number of hydrogen-bond acceptors (Lipinski definition) is 4. The number of nitrogens with two attached hydrogens (primary N) is 1. The fraction of sp³-hybridized carbons (Fsp3) is 0.588. The van der Waals surface area contributed by atoms with Gasteiger partial charge < -0.3 is 15.4 Å². The number of carbonyl (C=O) groups excluding carboxylic acids is 1. The lowest BCUT2D eigenvalue weighted by Gasteiger charge is -2.33.